The zero-order chi connectivity index (χ0) is 14.5. The van der Waals surface area contributed by atoms with Crippen molar-refractivity contribution in [3.63, 3.8) is 0 Å². The molecule has 0 spiro atoms. The number of aliphatic carboxylic acids is 1. The molecule has 0 saturated heterocycles. The maximum atomic E-state index is 13.5. The van der Waals surface area contributed by atoms with Crippen LogP contribution >= 0.6 is 11.8 Å². The minimum atomic E-state index is -0.966. The Morgan fingerprint density at radius 3 is 2.45 bits per heavy atom. The second-order valence-electron chi connectivity index (χ2n) is 4.19. The van der Waals surface area contributed by atoms with E-state index in [4.69, 9.17) is 0 Å². The van der Waals surface area contributed by atoms with Crippen LogP contribution in [0.15, 0.2) is 53.4 Å². The SMILES string of the molecule is O=C(O)C(CSc1ccc(F)cc1F)c1ccccc1. The van der Waals surface area contributed by atoms with E-state index in [1.54, 1.807) is 30.3 Å². The lowest BCUT2D eigenvalue weighted by Crippen LogP contribution is -2.14. The molecule has 0 saturated carbocycles. The summed E-state index contributed by atoms with van der Waals surface area (Å²) in [6.45, 7) is 0. The van der Waals surface area contributed by atoms with Gasteiger partial charge in [-0.15, -0.1) is 11.8 Å². The number of hydrogen-bond acceptors (Lipinski definition) is 2. The molecule has 0 aromatic heterocycles. The maximum Gasteiger partial charge on any atom is 0.311 e. The Kier molecular flexibility index (Phi) is 4.74. The quantitative estimate of drug-likeness (QED) is 0.849. The highest BCUT2D eigenvalue weighted by molar-refractivity contribution is 7.99. The monoisotopic (exact) mass is 294 g/mol. The fourth-order valence-electron chi connectivity index (χ4n) is 1.76. The number of hydrogen-bond donors (Lipinski definition) is 1. The molecule has 0 aliphatic carbocycles. The molecule has 2 aromatic carbocycles. The molecule has 5 heteroatoms. The number of benzene rings is 2. The lowest BCUT2D eigenvalue weighted by atomic mass is 10.0. The van der Waals surface area contributed by atoms with Gasteiger partial charge in [-0.1, -0.05) is 30.3 Å². The van der Waals surface area contributed by atoms with Gasteiger partial charge < -0.3 is 5.11 Å². The molecule has 2 rings (SSSR count). The first-order chi connectivity index (χ1) is 9.58. The number of thioether (sulfide) groups is 1. The van der Waals surface area contributed by atoms with Crippen molar-refractivity contribution in [2.24, 2.45) is 0 Å². The molecule has 0 aliphatic heterocycles. The van der Waals surface area contributed by atoms with Crippen molar-refractivity contribution in [1.82, 2.24) is 0 Å². The number of carboxylic acid groups (broad SMARTS) is 1. The van der Waals surface area contributed by atoms with E-state index in [9.17, 15) is 18.7 Å². The number of rotatable bonds is 5. The molecule has 0 heterocycles. The van der Waals surface area contributed by atoms with Crippen LogP contribution in [0.5, 0.6) is 0 Å². The van der Waals surface area contributed by atoms with Gasteiger partial charge in [0.15, 0.2) is 0 Å². The highest BCUT2D eigenvalue weighted by Gasteiger charge is 2.20. The minimum absolute atomic E-state index is 0.182. The molecule has 0 radical (unpaired) electrons. The summed E-state index contributed by atoms with van der Waals surface area (Å²) in [6.07, 6.45) is 0. The standard InChI is InChI=1S/C15H12F2O2S/c16-11-6-7-14(13(17)8-11)20-9-12(15(18)19)10-4-2-1-3-5-10/h1-8,12H,9H2,(H,18,19). The van der Waals surface area contributed by atoms with Crippen LogP contribution in [0.2, 0.25) is 0 Å². The molecule has 1 unspecified atom stereocenters. The van der Waals surface area contributed by atoms with Crippen LogP contribution in [-0.2, 0) is 4.79 Å². The first kappa shape index (κ1) is 14.5. The summed E-state index contributed by atoms with van der Waals surface area (Å²) in [5.74, 6) is -2.84. The third kappa shape index (κ3) is 3.57. The average molecular weight is 294 g/mol. The van der Waals surface area contributed by atoms with E-state index in [2.05, 4.69) is 0 Å². The third-order valence-corrected chi connectivity index (χ3v) is 3.94. The topological polar surface area (TPSA) is 37.3 Å². The van der Waals surface area contributed by atoms with Crippen LogP contribution in [0.3, 0.4) is 0 Å². The summed E-state index contributed by atoms with van der Waals surface area (Å²) < 4.78 is 26.3. The van der Waals surface area contributed by atoms with E-state index in [-0.39, 0.29) is 10.6 Å². The molecule has 2 nitrogen and oxygen atoms in total. The Labute approximate surface area is 119 Å². The summed E-state index contributed by atoms with van der Waals surface area (Å²) in [5, 5.41) is 9.25. The van der Waals surface area contributed by atoms with Gasteiger partial charge in [-0.05, 0) is 17.7 Å². The Morgan fingerprint density at radius 2 is 1.85 bits per heavy atom. The van der Waals surface area contributed by atoms with Crippen molar-refractivity contribution >= 4 is 17.7 Å². The van der Waals surface area contributed by atoms with Crippen molar-refractivity contribution in [3.05, 3.63) is 65.7 Å². The molecule has 20 heavy (non-hydrogen) atoms. The van der Waals surface area contributed by atoms with Crippen LogP contribution in [0.1, 0.15) is 11.5 Å². The van der Waals surface area contributed by atoms with Crippen molar-refractivity contribution < 1.29 is 18.7 Å². The highest BCUT2D eigenvalue weighted by Crippen LogP contribution is 2.28. The second kappa shape index (κ2) is 6.52. The number of carbonyl (C=O) groups is 1. The van der Waals surface area contributed by atoms with Gasteiger partial charge >= 0.3 is 5.97 Å². The van der Waals surface area contributed by atoms with E-state index in [0.29, 0.717) is 5.56 Å². The summed E-state index contributed by atoms with van der Waals surface area (Å²) in [5.41, 5.74) is 0.662. The van der Waals surface area contributed by atoms with Crippen LogP contribution in [-0.4, -0.2) is 16.8 Å². The van der Waals surface area contributed by atoms with Gasteiger partial charge in [-0.25, -0.2) is 8.78 Å². The molecule has 104 valence electrons. The Hall–Kier alpha value is -1.88. The number of halogens is 2. The van der Waals surface area contributed by atoms with Crippen LogP contribution in [0.25, 0.3) is 0 Å². The van der Waals surface area contributed by atoms with Gasteiger partial charge in [0.2, 0.25) is 0 Å². The van der Waals surface area contributed by atoms with Gasteiger partial charge in [-0.2, -0.15) is 0 Å². The summed E-state index contributed by atoms with van der Waals surface area (Å²) in [4.78, 5) is 11.5. The first-order valence-corrected chi connectivity index (χ1v) is 6.92. The lowest BCUT2D eigenvalue weighted by Gasteiger charge is -2.12. The predicted octanol–water partition coefficient (Wildman–Crippen LogP) is 3.93. The van der Waals surface area contributed by atoms with Gasteiger partial charge in [0, 0.05) is 16.7 Å². The zero-order valence-corrected chi connectivity index (χ0v) is 11.2. The lowest BCUT2D eigenvalue weighted by molar-refractivity contribution is -0.138. The molecule has 1 N–H and O–H groups in total. The highest BCUT2D eigenvalue weighted by atomic mass is 32.2. The second-order valence-corrected chi connectivity index (χ2v) is 5.25. The summed E-state index contributed by atoms with van der Waals surface area (Å²) >= 11 is 1.06. The molecular weight excluding hydrogens is 282 g/mol. The number of carboxylic acids is 1. The molecular formula is C15H12F2O2S. The largest absolute Gasteiger partial charge is 0.481 e. The molecule has 1 atom stereocenters. The Balaban J connectivity index is 2.12. The predicted molar refractivity (Wildman–Crippen MR) is 73.9 cm³/mol. The molecule has 0 fully saturated rings. The summed E-state index contributed by atoms with van der Waals surface area (Å²) in [7, 11) is 0. The van der Waals surface area contributed by atoms with Gasteiger partial charge in [-0.3, -0.25) is 4.79 Å². The smallest absolute Gasteiger partial charge is 0.311 e. The van der Waals surface area contributed by atoms with Crippen LogP contribution in [0.4, 0.5) is 8.78 Å². The van der Waals surface area contributed by atoms with E-state index < -0.39 is 23.5 Å². The zero-order valence-electron chi connectivity index (χ0n) is 10.4. The van der Waals surface area contributed by atoms with Gasteiger partial charge in [0.05, 0.1) is 5.92 Å². The average Bonchev–Trinajstić information content (AvgIpc) is 2.42. The molecule has 0 bridgehead atoms. The Bertz CT molecular complexity index is 602. The van der Waals surface area contributed by atoms with E-state index in [0.717, 1.165) is 23.9 Å². The van der Waals surface area contributed by atoms with Crippen molar-refractivity contribution in [1.29, 1.82) is 0 Å². The molecule has 0 amide bonds. The molecule has 0 aliphatic rings. The maximum absolute atomic E-state index is 13.5. The van der Waals surface area contributed by atoms with Crippen LogP contribution in [0, 0.1) is 11.6 Å². The van der Waals surface area contributed by atoms with Gasteiger partial charge in [0.25, 0.3) is 0 Å². The van der Waals surface area contributed by atoms with Crippen molar-refractivity contribution in [3.8, 4) is 0 Å². The van der Waals surface area contributed by atoms with Crippen LogP contribution < -0.4 is 0 Å². The van der Waals surface area contributed by atoms with Crippen molar-refractivity contribution in [2.45, 2.75) is 10.8 Å². The fraction of sp³-hybridized carbons (Fsp3) is 0.133. The first-order valence-electron chi connectivity index (χ1n) is 5.93. The third-order valence-electron chi connectivity index (χ3n) is 2.80. The van der Waals surface area contributed by atoms with E-state index >= 15 is 0 Å². The normalized spacial score (nSPS) is 12.1. The Morgan fingerprint density at radius 1 is 1.15 bits per heavy atom. The van der Waals surface area contributed by atoms with E-state index in [1.807, 2.05) is 0 Å². The van der Waals surface area contributed by atoms with E-state index in [1.165, 1.54) is 6.07 Å². The molecule has 2 aromatic rings. The van der Waals surface area contributed by atoms with Crippen molar-refractivity contribution in [2.75, 3.05) is 5.75 Å². The van der Waals surface area contributed by atoms with Gasteiger partial charge in [0.1, 0.15) is 11.6 Å². The fourth-order valence-corrected chi connectivity index (χ4v) is 2.80. The minimum Gasteiger partial charge on any atom is -0.481 e. The summed E-state index contributed by atoms with van der Waals surface area (Å²) in [6, 6.07) is 12.0.